The molecule has 0 spiro atoms. The van der Waals surface area contributed by atoms with Gasteiger partial charge in [0.15, 0.2) is 5.75 Å². The van der Waals surface area contributed by atoms with Gasteiger partial charge >= 0.3 is 10.1 Å². The second-order valence-electron chi connectivity index (χ2n) is 5.02. The van der Waals surface area contributed by atoms with E-state index in [4.69, 9.17) is 4.18 Å². The molecule has 0 aromatic heterocycles. The molecule has 126 valence electrons. The molecule has 0 N–H and O–H groups in total. The van der Waals surface area contributed by atoms with Gasteiger partial charge in [-0.1, -0.05) is 23.8 Å². The average molecular weight is 459 g/mol. The van der Waals surface area contributed by atoms with Gasteiger partial charge in [-0.2, -0.15) is 8.42 Å². The summed E-state index contributed by atoms with van der Waals surface area (Å²) in [6, 6.07) is 8.81. The van der Waals surface area contributed by atoms with Gasteiger partial charge in [0.05, 0.1) is 8.49 Å². The molecule has 2 rings (SSSR count). The van der Waals surface area contributed by atoms with Crippen LogP contribution in [0.5, 0.6) is 5.75 Å². The van der Waals surface area contributed by atoms with Gasteiger partial charge in [-0.3, -0.25) is 10.1 Å². The largest absolute Gasteiger partial charge is 0.378 e. The van der Waals surface area contributed by atoms with Crippen molar-refractivity contribution in [1.29, 1.82) is 0 Å². The molecule has 2 aromatic rings. The first-order valence-corrected chi connectivity index (χ1v) is 9.32. The molecule has 2 aromatic carbocycles. The first-order chi connectivity index (χ1) is 11.2. The van der Waals surface area contributed by atoms with Crippen molar-refractivity contribution >= 4 is 38.4 Å². The van der Waals surface area contributed by atoms with Crippen LogP contribution in [-0.2, 0) is 16.5 Å². The molecule has 0 fully saturated rings. The van der Waals surface area contributed by atoms with Gasteiger partial charge in [0.1, 0.15) is 4.90 Å². The number of nitro benzene ring substituents is 1. The van der Waals surface area contributed by atoms with E-state index in [-0.39, 0.29) is 22.8 Å². The maximum atomic E-state index is 12.5. The quantitative estimate of drug-likeness (QED) is 0.214. The zero-order valence-electron chi connectivity index (χ0n) is 12.7. The molecule has 8 heteroatoms. The first kappa shape index (κ1) is 18.4. The summed E-state index contributed by atoms with van der Waals surface area (Å²) < 4.78 is 30.5. The van der Waals surface area contributed by atoms with Crippen LogP contribution in [0.25, 0.3) is 0 Å². The molecular weight excluding hydrogens is 445 g/mol. The number of halogens is 1. The number of rotatable bonds is 6. The van der Waals surface area contributed by atoms with Crippen molar-refractivity contribution in [3.63, 3.8) is 0 Å². The van der Waals surface area contributed by atoms with Crippen molar-refractivity contribution < 1.29 is 17.5 Å². The Labute approximate surface area is 153 Å². The van der Waals surface area contributed by atoms with Crippen LogP contribution in [0.4, 0.5) is 5.69 Å². The van der Waals surface area contributed by atoms with Gasteiger partial charge in [0.2, 0.25) is 0 Å². The van der Waals surface area contributed by atoms with E-state index < -0.39 is 15.0 Å². The Bertz CT molecular complexity index is 891. The van der Waals surface area contributed by atoms with E-state index in [2.05, 4.69) is 6.58 Å². The molecule has 0 aliphatic rings. The van der Waals surface area contributed by atoms with Crippen molar-refractivity contribution in [3.8, 4) is 5.75 Å². The SMILES string of the molecule is C=CCc1cc([N+](=O)[O-])cc(I)c1OS(=O)(=O)c1ccc(C)cc1. The highest BCUT2D eigenvalue weighted by Gasteiger charge is 2.23. The summed E-state index contributed by atoms with van der Waals surface area (Å²) in [7, 11) is -4.04. The van der Waals surface area contributed by atoms with Crippen molar-refractivity contribution in [3.05, 3.63) is 73.9 Å². The lowest BCUT2D eigenvalue weighted by Gasteiger charge is -2.12. The maximum absolute atomic E-state index is 12.5. The van der Waals surface area contributed by atoms with E-state index in [0.29, 0.717) is 9.13 Å². The summed E-state index contributed by atoms with van der Waals surface area (Å²) in [5.41, 5.74) is 1.18. The molecule has 0 aliphatic heterocycles. The van der Waals surface area contributed by atoms with Crippen LogP contribution in [-0.4, -0.2) is 13.3 Å². The fourth-order valence-electron chi connectivity index (χ4n) is 2.00. The Kier molecular flexibility index (Phi) is 5.60. The third-order valence-corrected chi connectivity index (χ3v) is 5.22. The van der Waals surface area contributed by atoms with E-state index >= 15 is 0 Å². The average Bonchev–Trinajstić information content (AvgIpc) is 2.51. The predicted molar refractivity (Wildman–Crippen MR) is 98.7 cm³/mol. The van der Waals surface area contributed by atoms with Crippen LogP contribution in [0.15, 0.2) is 53.9 Å². The second kappa shape index (κ2) is 7.31. The minimum atomic E-state index is -4.04. The third kappa shape index (κ3) is 4.12. The van der Waals surface area contributed by atoms with Crippen LogP contribution in [0.3, 0.4) is 0 Å². The molecule has 0 heterocycles. The maximum Gasteiger partial charge on any atom is 0.339 e. The number of aryl methyl sites for hydroxylation is 1. The summed E-state index contributed by atoms with van der Waals surface area (Å²) in [6.07, 6.45) is 1.77. The minimum absolute atomic E-state index is 0.0202. The smallest absolute Gasteiger partial charge is 0.339 e. The number of nitro groups is 1. The van der Waals surface area contributed by atoms with Crippen molar-refractivity contribution in [2.45, 2.75) is 18.2 Å². The van der Waals surface area contributed by atoms with E-state index in [9.17, 15) is 18.5 Å². The van der Waals surface area contributed by atoms with E-state index in [1.165, 1.54) is 30.3 Å². The van der Waals surface area contributed by atoms with E-state index in [1.54, 1.807) is 12.1 Å². The van der Waals surface area contributed by atoms with Crippen LogP contribution in [0.1, 0.15) is 11.1 Å². The third-order valence-electron chi connectivity index (χ3n) is 3.18. The van der Waals surface area contributed by atoms with Crippen molar-refractivity contribution in [1.82, 2.24) is 0 Å². The lowest BCUT2D eigenvalue weighted by Crippen LogP contribution is -2.12. The number of allylic oxidation sites excluding steroid dienone is 1. The molecule has 0 saturated heterocycles. The minimum Gasteiger partial charge on any atom is -0.378 e. The Morgan fingerprint density at radius 3 is 2.46 bits per heavy atom. The molecule has 0 saturated carbocycles. The number of hydrogen-bond acceptors (Lipinski definition) is 5. The normalized spacial score (nSPS) is 11.1. The summed E-state index contributed by atoms with van der Waals surface area (Å²) in [5.74, 6) is 0.0849. The molecule has 0 unspecified atom stereocenters. The molecule has 6 nitrogen and oxygen atoms in total. The van der Waals surface area contributed by atoms with Crippen molar-refractivity contribution in [2.24, 2.45) is 0 Å². The monoisotopic (exact) mass is 459 g/mol. The Morgan fingerprint density at radius 1 is 1.29 bits per heavy atom. The number of benzene rings is 2. The topological polar surface area (TPSA) is 86.5 Å². The Hall–Kier alpha value is -1.94. The molecule has 0 aliphatic carbocycles. The standard InChI is InChI=1S/C16H14INO5S/c1-3-4-12-9-13(18(19)20)10-15(17)16(12)23-24(21,22)14-7-5-11(2)6-8-14/h3,5-10H,1,4H2,2H3. The highest BCUT2D eigenvalue weighted by Crippen LogP contribution is 2.33. The molecule has 0 atom stereocenters. The summed E-state index contributed by atoms with van der Waals surface area (Å²) in [6.45, 7) is 5.43. The van der Waals surface area contributed by atoms with Crippen LogP contribution in [0.2, 0.25) is 0 Å². The highest BCUT2D eigenvalue weighted by molar-refractivity contribution is 14.1. The van der Waals surface area contributed by atoms with E-state index in [1.807, 2.05) is 29.5 Å². The zero-order valence-corrected chi connectivity index (χ0v) is 15.7. The molecule has 0 amide bonds. The summed E-state index contributed by atoms with van der Waals surface area (Å²) in [4.78, 5) is 10.5. The van der Waals surface area contributed by atoms with Gasteiger partial charge in [0, 0.05) is 17.7 Å². The Balaban J connectivity index is 2.49. The van der Waals surface area contributed by atoms with E-state index in [0.717, 1.165) is 5.56 Å². The van der Waals surface area contributed by atoms with Crippen LogP contribution < -0.4 is 4.18 Å². The summed E-state index contributed by atoms with van der Waals surface area (Å²) >= 11 is 1.82. The van der Waals surface area contributed by atoms with Gasteiger partial charge < -0.3 is 4.18 Å². The van der Waals surface area contributed by atoms with Gasteiger partial charge in [-0.15, -0.1) is 6.58 Å². The number of nitrogens with zero attached hydrogens (tertiary/aromatic N) is 1. The van der Waals surface area contributed by atoms with Gasteiger partial charge in [-0.05, 0) is 48.1 Å². The van der Waals surface area contributed by atoms with Gasteiger partial charge in [0.25, 0.3) is 5.69 Å². The van der Waals surface area contributed by atoms with Crippen LogP contribution >= 0.6 is 22.6 Å². The molecule has 0 bridgehead atoms. The molecule has 0 radical (unpaired) electrons. The molecule has 24 heavy (non-hydrogen) atoms. The molecular formula is C16H14INO5S. The fraction of sp³-hybridized carbons (Fsp3) is 0.125. The van der Waals surface area contributed by atoms with Crippen LogP contribution in [0, 0.1) is 20.6 Å². The zero-order chi connectivity index (χ0) is 17.9. The second-order valence-corrected chi connectivity index (χ2v) is 7.72. The first-order valence-electron chi connectivity index (χ1n) is 6.83. The summed E-state index contributed by atoms with van der Waals surface area (Å²) in [5, 5.41) is 11.0. The number of hydrogen-bond donors (Lipinski definition) is 0. The predicted octanol–water partition coefficient (Wildman–Crippen LogP) is 4.00. The van der Waals surface area contributed by atoms with Crippen molar-refractivity contribution in [2.75, 3.05) is 0 Å². The Morgan fingerprint density at radius 2 is 1.92 bits per heavy atom. The lowest BCUT2D eigenvalue weighted by atomic mass is 10.1. The fourth-order valence-corrected chi connectivity index (χ4v) is 3.91. The van der Waals surface area contributed by atoms with Gasteiger partial charge in [-0.25, -0.2) is 0 Å². The highest BCUT2D eigenvalue weighted by atomic mass is 127. The lowest BCUT2D eigenvalue weighted by molar-refractivity contribution is -0.385. The number of non-ortho nitro benzene ring substituents is 1.